The van der Waals surface area contributed by atoms with Gasteiger partial charge in [-0.25, -0.2) is 4.98 Å². The molecule has 0 aliphatic carbocycles. The zero-order chi connectivity index (χ0) is 16.1. The largest absolute Gasteiger partial charge is 0.381 e. The first-order valence-electron chi connectivity index (χ1n) is 8.31. The highest BCUT2D eigenvalue weighted by molar-refractivity contribution is 5.48. The zero-order valence-corrected chi connectivity index (χ0v) is 14.0. The summed E-state index contributed by atoms with van der Waals surface area (Å²) in [6.07, 6.45) is 7.33. The lowest BCUT2D eigenvalue weighted by atomic mass is 10.1. The average Bonchev–Trinajstić information content (AvgIpc) is 2.96. The fourth-order valence-electron chi connectivity index (χ4n) is 3.04. The van der Waals surface area contributed by atoms with Crippen molar-refractivity contribution >= 4 is 11.5 Å². The Balaban J connectivity index is 1.51. The van der Waals surface area contributed by atoms with E-state index in [1.54, 1.807) is 0 Å². The van der Waals surface area contributed by atoms with E-state index in [0.29, 0.717) is 6.04 Å². The maximum Gasteiger partial charge on any atom is 0.128 e. The second kappa shape index (κ2) is 7.46. The predicted octanol–water partition coefficient (Wildman–Crippen LogP) is 2.34. The van der Waals surface area contributed by atoms with Gasteiger partial charge in [0.25, 0.3) is 0 Å². The lowest BCUT2D eigenvalue weighted by Crippen LogP contribution is -2.26. The van der Waals surface area contributed by atoms with Crippen LogP contribution in [0, 0.1) is 0 Å². The van der Waals surface area contributed by atoms with Gasteiger partial charge in [0.05, 0.1) is 11.9 Å². The first-order chi connectivity index (χ1) is 11.2. The number of hydrogen-bond donors (Lipinski definition) is 2. The minimum absolute atomic E-state index is 0.522. The summed E-state index contributed by atoms with van der Waals surface area (Å²) in [6.45, 7) is 3.22. The maximum absolute atomic E-state index is 4.47. The van der Waals surface area contributed by atoms with Gasteiger partial charge in [0, 0.05) is 45.1 Å². The second-order valence-electron chi connectivity index (χ2n) is 6.43. The van der Waals surface area contributed by atoms with Crippen LogP contribution in [0.5, 0.6) is 0 Å². The molecule has 0 unspecified atom stereocenters. The number of likely N-dealkylation sites (tertiary alicyclic amines) is 1. The van der Waals surface area contributed by atoms with Gasteiger partial charge < -0.3 is 10.2 Å². The van der Waals surface area contributed by atoms with Crippen LogP contribution in [-0.4, -0.2) is 53.3 Å². The van der Waals surface area contributed by atoms with E-state index in [2.05, 4.69) is 43.6 Å². The van der Waals surface area contributed by atoms with Gasteiger partial charge in [-0.3, -0.25) is 10.00 Å². The van der Waals surface area contributed by atoms with Crippen molar-refractivity contribution in [3.8, 4) is 0 Å². The number of hydrogen-bond acceptors (Lipinski definition) is 5. The minimum atomic E-state index is 0.522. The summed E-state index contributed by atoms with van der Waals surface area (Å²) >= 11 is 0. The number of pyridine rings is 1. The number of aromatic amines is 1. The Morgan fingerprint density at radius 2 is 2.17 bits per heavy atom. The quantitative estimate of drug-likeness (QED) is 0.887. The summed E-state index contributed by atoms with van der Waals surface area (Å²) in [5.41, 5.74) is 2.31. The van der Waals surface area contributed by atoms with Crippen LogP contribution in [0.15, 0.2) is 30.6 Å². The normalized spacial score (nSPS) is 19.3. The van der Waals surface area contributed by atoms with E-state index in [9.17, 15) is 0 Å². The molecule has 1 saturated heterocycles. The van der Waals surface area contributed by atoms with Crippen LogP contribution in [0.4, 0.5) is 11.5 Å². The van der Waals surface area contributed by atoms with Gasteiger partial charge in [0.1, 0.15) is 5.82 Å². The van der Waals surface area contributed by atoms with E-state index in [1.165, 1.54) is 18.5 Å². The summed E-state index contributed by atoms with van der Waals surface area (Å²) in [7, 11) is 4.02. The highest BCUT2D eigenvalue weighted by Gasteiger charge is 2.17. The zero-order valence-electron chi connectivity index (χ0n) is 14.0. The molecule has 2 aromatic heterocycles. The third-order valence-corrected chi connectivity index (χ3v) is 4.35. The molecular formula is C17H26N6. The SMILES string of the molecule is CN(C)c1ccc(N[C@H]2CCCN(Cc3ccn[nH]3)CC2)cn1. The van der Waals surface area contributed by atoms with Crippen LogP contribution in [0.3, 0.4) is 0 Å². The molecule has 3 rings (SSSR count). The molecule has 1 aliphatic heterocycles. The van der Waals surface area contributed by atoms with Gasteiger partial charge in [0.2, 0.25) is 0 Å². The summed E-state index contributed by atoms with van der Waals surface area (Å²) in [5.74, 6) is 0.988. The Morgan fingerprint density at radius 3 is 2.87 bits per heavy atom. The summed E-state index contributed by atoms with van der Waals surface area (Å²) in [5, 5.41) is 10.7. The molecule has 0 amide bonds. The first-order valence-corrected chi connectivity index (χ1v) is 8.31. The van der Waals surface area contributed by atoms with Gasteiger partial charge in [0.15, 0.2) is 0 Å². The topological polar surface area (TPSA) is 60.1 Å². The Bertz CT molecular complexity index is 578. The van der Waals surface area contributed by atoms with Crippen molar-refractivity contribution in [3.63, 3.8) is 0 Å². The van der Waals surface area contributed by atoms with Crippen LogP contribution in [0.2, 0.25) is 0 Å². The Labute approximate surface area is 137 Å². The molecule has 0 spiro atoms. The molecular weight excluding hydrogens is 288 g/mol. The fourth-order valence-corrected chi connectivity index (χ4v) is 3.04. The predicted molar refractivity (Wildman–Crippen MR) is 93.7 cm³/mol. The highest BCUT2D eigenvalue weighted by Crippen LogP contribution is 2.19. The molecule has 3 heterocycles. The van der Waals surface area contributed by atoms with Crippen LogP contribution in [0.1, 0.15) is 25.0 Å². The highest BCUT2D eigenvalue weighted by atomic mass is 15.2. The molecule has 1 fully saturated rings. The Hall–Kier alpha value is -2.08. The number of H-pyrrole nitrogens is 1. The van der Waals surface area contributed by atoms with E-state index >= 15 is 0 Å². The standard InChI is InChI=1S/C17H26N6/c1-22(2)17-6-5-15(12-18-17)20-14-4-3-10-23(11-8-14)13-16-7-9-19-21-16/h5-7,9,12,14,20H,3-4,8,10-11,13H2,1-2H3,(H,19,21)/t14-/m0/s1. The molecule has 124 valence electrons. The molecule has 6 nitrogen and oxygen atoms in total. The van der Waals surface area contributed by atoms with Crippen LogP contribution < -0.4 is 10.2 Å². The molecule has 1 aliphatic rings. The molecule has 0 aromatic carbocycles. The molecule has 2 N–H and O–H groups in total. The van der Waals surface area contributed by atoms with Crippen molar-refractivity contribution in [3.05, 3.63) is 36.3 Å². The van der Waals surface area contributed by atoms with Crippen LogP contribution >= 0.6 is 0 Å². The molecule has 0 bridgehead atoms. The van der Waals surface area contributed by atoms with E-state index in [1.807, 2.05) is 31.4 Å². The third kappa shape index (κ3) is 4.45. The number of nitrogens with one attached hydrogen (secondary N) is 2. The average molecular weight is 314 g/mol. The third-order valence-electron chi connectivity index (χ3n) is 4.35. The van der Waals surface area contributed by atoms with Gasteiger partial charge in [-0.2, -0.15) is 5.10 Å². The van der Waals surface area contributed by atoms with Crippen LogP contribution in [-0.2, 0) is 6.54 Å². The van der Waals surface area contributed by atoms with Crippen LogP contribution in [0.25, 0.3) is 0 Å². The second-order valence-corrected chi connectivity index (χ2v) is 6.43. The Kier molecular flexibility index (Phi) is 5.12. The summed E-state index contributed by atoms with van der Waals surface area (Å²) in [6, 6.07) is 6.76. The fraction of sp³-hybridized carbons (Fsp3) is 0.529. The van der Waals surface area contributed by atoms with Crippen molar-refractivity contribution in [2.24, 2.45) is 0 Å². The van der Waals surface area contributed by atoms with Crippen molar-refractivity contribution in [1.82, 2.24) is 20.1 Å². The number of rotatable bonds is 5. The molecule has 6 heteroatoms. The minimum Gasteiger partial charge on any atom is -0.381 e. The number of aromatic nitrogens is 3. The number of nitrogens with zero attached hydrogens (tertiary/aromatic N) is 4. The van der Waals surface area contributed by atoms with Gasteiger partial charge in [-0.15, -0.1) is 0 Å². The summed E-state index contributed by atoms with van der Waals surface area (Å²) < 4.78 is 0. The van der Waals surface area contributed by atoms with Gasteiger partial charge in [-0.05, 0) is 44.0 Å². The van der Waals surface area contributed by atoms with E-state index in [-0.39, 0.29) is 0 Å². The van der Waals surface area contributed by atoms with Crippen molar-refractivity contribution in [2.45, 2.75) is 31.8 Å². The summed E-state index contributed by atoms with van der Waals surface area (Å²) in [4.78, 5) is 8.99. The van der Waals surface area contributed by atoms with Gasteiger partial charge in [-0.1, -0.05) is 0 Å². The van der Waals surface area contributed by atoms with Crippen molar-refractivity contribution in [2.75, 3.05) is 37.4 Å². The lowest BCUT2D eigenvalue weighted by molar-refractivity contribution is 0.273. The molecule has 1 atom stereocenters. The van der Waals surface area contributed by atoms with Gasteiger partial charge >= 0.3 is 0 Å². The Morgan fingerprint density at radius 1 is 1.26 bits per heavy atom. The van der Waals surface area contributed by atoms with Crippen molar-refractivity contribution < 1.29 is 0 Å². The molecule has 2 aromatic rings. The van der Waals surface area contributed by atoms with E-state index in [0.717, 1.165) is 37.6 Å². The monoisotopic (exact) mass is 314 g/mol. The molecule has 0 saturated carbocycles. The molecule has 0 radical (unpaired) electrons. The van der Waals surface area contributed by atoms with E-state index in [4.69, 9.17) is 0 Å². The first kappa shape index (κ1) is 15.8. The van der Waals surface area contributed by atoms with E-state index < -0.39 is 0 Å². The molecule has 23 heavy (non-hydrogen) atoms. The van der Waals surface area contributed by atoms with Crippen molar-refractivity contribution in [1.29, 1.82) is 0 Å². The maximum atomic E-state index is 4.47. The lowest BCUT2D eigenvalue weighted by Gasteiger charge is -2.20. The smallest absolute Gasteiger partial charge is 0.128 e. The number of anilines is 2.